The maximum Gasteiger partial charge on any atom is 0.0457 e. The molecule has 0 radical (unpaired) electrons. The van der Waals surface area contributed by atoms with Crippen LogP contribution in [0.25, 0.3) is 10.9 Å². The summed E-state index contributed by atoms with van der Waals surface area (Å²) in [5, 5.41) is 4.96. The summed E-state index contributed by atoms with van der Waals surface area (Å²) in [5.41, 5.74) is 2.98. The monoisotopic (exact) mass is 272 g/mol. The summed E-state index contributed by atoms with van der Waals surface area (Å²) < 4.78 is 0. The Kier molecular flexibility index (Phi) is 5.24. The SMILES string of the molecule is CCCCCC(C)(C)CNCc1c[nH]c2ccccc12. The Balaban J connectivity index is 1.83. The summed E-state index contributed by atoms with van der Waals surface area (Å²) in [6, 6.07) is 8.50. The van der Waals surface area contributed by atoms with Gasteiger partial charge in [0, 0.05) is 30.2 Å². The van der Waals surface area contributed by atoms with Crippen LogP contribution in [0.2, 0.25) is 0 Å². The summed E-state index contributed by atoms with van der Waals surface area (Å²) in [6.45, 7) is 9.02. The fourth-order valence-electron chi connectivity index (χ4n) is 2.76. The zero-order valence-electron chi connectivity index (χ0n) is 13.1. The molecule has 0 bridgehead atoms. The smallest absolute Gasteiger partial charge is 0.0457 e. The molecule has 0 atom stereocenters. The minimum absolute atomic E-state index is 0.390. The molecule has 0 aliphatic heterocycles. The zero-order chi connectivity index (χ0) is 14.4. The van der Waals surface area contributed by atoms with Crippen LogP contribution in [-0.4, -0.2) is 11.5 Å². The molecule has 0 fully saturated rings. The third kappa shape index (κ3) is 4.11. The molecule has 0 saturated carbocycles. The topological polar surface area (TPSA) is 27.8 Å². The molecule has 2 rings (SSSR count). The number of hydrogen-bond donors (Lipinski definition) is 2. The third-order valence-corrected chi connectivity index (χ3v) is 4.05. The van der Waals surface area contributed by atoms with Crippen molar-refractivity contribution in [3.63, 3.8) is 0 Å². The largest absolute Gasteiger partial charge is 0.361 e. The zero-order valence-corrected chi connectivity index (χ0v) is 13.1. The highest BCUT2D eigenvalue weighted by Crippen LogP contribution is 2.23. The van der Waals surface area contributed by atoms with Gasteiger partial charge in [-0.15, -0.1) is 0 Å². The summed E-state index contributed by atoms with van der Waals surface area (Å²) in [7, 11) is 0. The van der Waals surface area contributed by atoms with Gasteiger partial charge in [0.25, 0.3) is 0 Å². The van der Waals surface area contributed by atoms with Crippen molar-refractivity contribution in [3.8, 4) is 0 Å². The molecule has 110 valence electrons. The Morgan fingerprint density at radius 3 is 2.75 bits per heavy atom. The van der Waals surface area contributed by atoms with Crippen molar-refractivity contribution in [2.75, 3.05) is 6.54 Å². The van der Waals surface area contributed by atoms with Crippen LogP contribution in [0.3, 0.4) is 0 Å². The first kappa shape index (κ1) is 15.1. The van der Waals surface area contributed by atoms with Gasteiger partial charge in [0.05, 0.1) is 0 Å². The molecule has 1 aromatic heterocycles. The van der Waals surface area contributed by atoms with E-state index in [1.807, 2.05) is 0 Å². The highest BCUT2D eigenvalue weighted by Gasteiger charge is 2.16. The number of hydrogen-bond acceptors (Lipinski definition) is 1. The van der Waals surface area contributed by atoms with Crippen LogP contribution >= 0.6 is 0 Å². The summed E-state index contributed by atoms with van der Waals surface area (Å²) in [6.07, 6.45) is 7.44. The Bertz CT molecular complexity index is 525. The number of para-hydroxylation sites is 1. The first-order valence-electron chi connectivity index (χ1n) is 7.88. The van der Waals surface area contributed by atoms with E-state index in [9.17, 15) is 0 Å². The van der Waals surface area contributed by atoms with Gasteiger partial charge in [-0.05, 0) is 23.5 Å². The van der Waals surface area contributed by atoms with Crippen molar-refractivity contribution < 1.29 is 0 Å². The minimum atomic E-state index is 0.390. The molecular formula is C18H28N2. The van der Waals surface area contributed by atoms with Gasteiger partial charge >= 0.3 is 0 Å². The van der Waals surface area contributed by atoms with Crippen LogP contribution in [0.1, 0.15) is 52.0 Å². The summed E-state index contributed by atoms with van der Waals surface area (Å²) >= 11 is 0. The molecule has 0 amide bonds. The van der Waals surface area contributed by atoms with Crippen LogP contribution in [0.4, 0.5) is 0 Å². The maximum absolute atomic E-state index is 3.63. The Hall–Kier alpha value is -1.28. The van der Waals surface area contributed by atoms with Crippen LogP contribution in [-0.2, 0) is 6.54 Å². The van der Waals surface area contributed by atoms with E-state index >= 15 is 0 Å². The lowest BCUT2D eigenvalue weighted by Gasteiger charge is -2.25. The predicted molar refractivity (Wildman–Crippen MR) is 87.9 cm³/mol. The fourth-order valence-corrected chi connectivity index (χ4v) is 2.76. The highest BCUT2D eigenvalue weighted by atomic mass is 14.9. The molecule has 0 aliphatic carbocycles. The van der Waals surface area contributed by atoms with Crippen molar-refractivity contribution >= 4 is 10.9 Å². The fraction of sp³-hybridized carbons (Fsp3) is 0.556. The van der Waals surface area contributed by atoms with Crippen LogP contribution in [0.15, 0.2) is 30.5 Å². The number of H-pyrrole nitrogens is 1. The van der Waals surface area contributed by atoms with Gasteiger partial charge in [-0.3, -0.25) is 0 Å². The van der Waals surface area contributed by atoms with Crippen LogP contribution in [0.5, 0.6) is 0 Å². The molecule has 2 N–H and O–H groups in total. The number of aromatic amines is 1. The van der Waals surface area contributed by atoms with Crippen molar-refractivity contribution in [2.24, 2.45) is 5.41 Å². The minimum Gasteiger partial charge on any atom is -0.361 e. The van der Waals surface area contributed by atoms with Gasteiger partial charge < -0.3 is 10.3 Å². The molecular weight excluding hydrogens is 244 g/mol. The van der Waals surface area contributed by atoms with Gasteiger partial charge in [-0.25, -0.2) is 0 Å². The molecule has 1 aromatic carbocycles. The van der Waals surface area contributed by atoms with Crippen molar-refractivity contribution in [2.45, 2.75) is 53.0 Å². The Morgan fingerprint density at radius 2 is 1.95 bits per heavy atom. The second-order valence-corrected chi connectivity index (χ2v) is 6.58. The molecule has 2 heteroatoms. The molecule has 2 nitrogen and oxygen atoms in total. The number of aromatic nitrogens is 1. The number of nitrogens with one attached hydrogen (secondary N) is 2. The Morgan fingerprint density at radius 1 is 1.15 bits per heavy atom. The first-order valence-corrected chi connectivity index (χ1v) is 7.88. The molecule has 1 heterocycles. The average Bonchev–Trinajstić information content (AvgIpc) is 2.82. The highest BCUT2D eigenvalue weighted by molar-refractivity contribution is 5.82. The first-order chi connectivity index (χ1) is 9.62. The number of unbranched alkanes of at least 4 members (excludes halogenated alkanes) is 2. The van der Waals surface area contributed by atoms with E-state index in [0.717, 1.165) is 13.1 Å². The van der Waals surface area contributed by atoms with E-state index in [0.29, 0.717) is 5.41 Å². The molecule has 0 spiro atoms. The third-order valence-electron chi connectivity index (χ3n) is 4.05. The van der Waals surface area contributed by atoms with Gasteiger partial charge in [-0.2, -0.15) is 0 Å². The standard InChI is InChI=1S/C18H28N2/c1-4-5-8-11-18(2,3)14-19-12-15-13-20-17-10-7-6-9-16(15)17/h6-7,9-10,13,19-20H,4-5,8,11-12,14H2,1-3H3. The summed E-state index contributed by atoms with van der Waals surface area (Å²) in [4.78, 5) is 3.34. The molecule has 0 aliphatic rings. The molecule has 2 aromatic rings. The second-order valence-electron chi connectivity index (χ2n) is 6.58. The van der Waals surface area contributed by atoms with E-state index < -0.39 is 0 Å². The van der Waals surface area contributed by atoms with Crippen LogP contribution in [0, 0.1) is 5.41 Å². The van der Waals surface area contributed by atoms with E-state index in [2.05, 4.69) is 61.5 Å². The summed E-state index contributed by atoms with van der Waals surface area (Å²) in [5.74, 6) is 0. The van der Waals surface area contributed by atoms with E-state index in [1.54, 1.807) is 0 Å². The van der Waals surface area contributed by atoms with Gasteiger partial charge in [0.1, 0.15) is 0 Å². The maximum atomic E-state index is 3.63. The van der Waals surface area contributed by atoms with Gasteiger partial charge in [0.2, 0.25) is 0 Å². The van der Waals surface area contributed by atoms with Gasteiger partial charge in [0.15, 0.2) is 0 Å². The number of benzene rings is 1. The second kappa shape index (κ2) is 6.94. The normalized spacial score (nSPS) is 12.2. The average molecular weight is 272 g/mol. The van der Waals surface area contributed by atoms with Gasteiger partial charge in [-0.1, -0.05) is 58.2 Å². The molecule has 0 saturated heterocycles. The number of fused-ring (bicyclic) bond motifs is 1. The molecule has 20 heavy (non-hydrogen) atoms. The predicted octanol–water partition coefficient (Wildman–Crippen LogP) is 4.86. The van der Waals surface area contributed by atoms with E-state index in [-0.39, 0.29) is 0 Å². The van der Waals surface area contributed by atoms with Crippen molar-refractivity contribution in [1.82, 2.24) is 10.3 Å². The number of rotatable bonds is 8. The van der Waals surface area contributed by atoms with Crippen molar-refractivity contribution in [3.05, 3.63) is 36.0 Å². The Labute approximate surface area is 123 Å². The van der Waals surface area contributed by atoms with Crippen LogP contribution < -0.4 is 5.32 Å². The molecule has 0 unspecified atom stereocenters. The van der Waals surface area contributed by atoms with E-state index in [1.165, 1.54) is 42.1 Å². The lowest BCUT2D eigenvalue weighted by molar-refractivity contribution is 0.302. The van der Waals surface area contributed by atoms with Crippen molar-refractivity contribution in [1.29, 1.82) is 0 Å². The lowest BCUT2D eigenvalue weighted by atomic mass is 9.87. The van der Waals surface area contributed by atoms with E-state index in [4.69, 9.17) is 0 Å². The quantitative estimate of drug-likeness (QED) is 0.660. The lowest BCUT2D eigenvalue weighted by Crippen LogP contribution is -2.29.